The third-order valence-electron chi connectivity index (χ3n) is 2.11. The zero-order valence-electron chi connectivity index (χ0n) is 7.84. The quantitative estimate of drug-likeness (QED) is 0.716. The number of nitrogens with zero attached hydrogens (tertiary/aromatic N) is 1. The number of benzene rings is 1. The molecule has 1 atom stereocenters. The summed E-state index contributed by atoms with van der Waals surface area (Å²) in [6, 6.07) is 9.85. The lowest BCUT2D eigenvalue weighted by Gasteiger charge is -2.29. The lowest BCUT2D eigenvalue weighted by molar-refractivity contribution is 0.0221. The first-order valence-electron chi connectivity index (χ1n) is 4.67. The Kier molecular flexibility index (Phi) is 2.81. The van der Waals surface area contributed by atoms with E-state index in [1.54, 1.807) is 5.06 Å². The zero-order chi connectivity index (χ0) is 9.80. The zero-order valence-corrected chi connectivity index (χ0v) is 7.84. The van der Waals surface area contributed by atoms with E-state index in [-0.39, 0.29) is 12.7 Å². The predicted molar refractivity (Wildman–Crippen MR) is 54.9 cm³/mol. The number of hydrogen-bond acceptors (Lipinski definition) is 3. The molecule has 1 heterocycles. The number of hydrogen-bond donors (Lipinski definition) is 1. The first kappa shape index (κ1) is 9.24. The highest BCUT2D eigenvalue weighted by Gasteiger charge is 2.15. The summed E-state index contributed by atoms with van der Waals surface area (Å²) >= 11 is 0. The Morgan fingerprint density at radius 2 is 2.14 bits per heavy atom. The molecule has 74 valence electrons. The van der Waals surface area contributed by atoms with E-state index in [9.17, 15) is 0 Å². The Morgan fingerprint density at radius 1 is 1.36 bits per heavy atom. The van der Waals surface area contributed by atoms with Crippen LogP contribution in [-0.4, -0.2) is 24.4 Å². The molecule has 3 heteroatoms. The first-order chi connectivity index (χ1) is 6.90. The Labute approximate surface area is 83.2 Å². The van der Waals surface area contributed by atoms with Gasteiger partial charge in [0.2, 0.25) is 0 Å². The lowest BCUT2D eigenvalue weighted by Crippen LogP contribution is -2.34. The molecule has 0 radical (unpaired) electrons. The van der Waals surface area contributed by atoms with Gasteiger partial charge in [-0.2, -0.15) is 0 Å². The smallest absolute Gasteiger partial charge is 0.127 e. The Balaban J connectivity index is 2.10. The number of aliphatic hydroxyl groups is 1. The largest absolute Gasteiger partial charge is 0.393 e. The van der Waals surface area contributed by atoms with Gasteiger partial charge in [-0.3, -0.25) is 4.84 Å². The molecule has 1 aliphatic rings. The van der Waals surface area contributed by atoms with E-state index in [4.69, 9.17) is 9.94 Å². The van der Waals surface area contributed by atoms with E-state index >= 15 is 0 Å². The van der Waals surface area contributed by atoms with Crippen LogP contribution >= 0.6 is 0 Å². The molecule has 0 unspecified atom stereocenters. The average Bonchev–Trinajstić information content (AvgIpc) is 2.30. The Hall–Kier alpha value is -1.32. The fourth-order valence-corrected chi connectivity index (χ4v) is 1.40. The summed E-state index contributed by atoms with van der Waals surface area (Å²) in [5.41, 5.74) is 1.01. The maximum Gasteiger partial charge on any atom is 0.127 e. The van der Waals surface area contributed by atoms with Crippen LogP contribution in [0, 0.1) is 0 Å². The fraction of sp³-hybridized carbons (Fsp3) is 0.273. The van der Waals surface area contributed by atoms with Gasteiger partial charge in [-0.05, 0) is 12.1 Å². The van der Waals surface area contributed by atoms with Crippen molar-refractivity contribution < 1.29 is 9.94 Å². The highest BCUT2D eigenvalue weighted by Crippen LogP contribution is 2.17. The SMILES string of the molecule is OC[C@H]1C=CCN(c2ccccc2)O1. The monoisotopic (exact) mass is 191 g/mol. The van der Waals surface area contributed by atoms with Crippen LogP contribution in [0.5, 0.6) is 0 Å². The molecule has 0 amide bonds. The van der Waals surface area contributed by atoms with Crippen molar-refractivity contribution in [2.75, 3.05) is 18.2 Å². The fourth-order valence-electron chi connectivity index (χ4n) is 1.40. The molecule has 14 heavy (non-hydrogen) atoms. The molecule has 0 saturated heterocycles. The standard InChI is InChI=1S/C11H13NO2/c13-9-11-7-4-8-12(14-11)10-5-2-1-3-6-10/h1-7,11,13H,8-9H2/t11-/m1/s1. The number of rotatable bonds is 2. The van der Waals surface area contributed by atoms with Crippen molar-refractivity contribution >= 4 is 5.69 Å². The van der Waals surface area contributed by atoms with Gasteiger partial charge in [0, 0.05) is 0 Å². The third-order valence-corrected chi connectivity index (χ3v) is 2.11. The Morgan fingerprint density at radius 3 is 2.86 bits per heavy atom. The van der Waals surface area contributed by atoms with E-state index in [1.165, 1.54) is 0 Å². The minimum Gasteiger partial charge on any atom is -0.393 e. The molecule has 0 fully saturated rings. The highest BCUT2D eigenvalue weighted by atomic mass is 16.7. The minimum atomic E-state index is -0.219. The molecule has 1 aliphatic heterocycles. The number of anilines is 1. The van der Waals surface area contributed by atoms with E-state index in [0.717, 1.165) is 12.2 Å². The van der Waals surface area contributed by atoms with Crippen LogP contribution in [0.25, 0.3) is 0 Å². The second kappa shape index (κ2) is 4.26. The molecule has 2 rings (SSSR count). The van der Waals surface area contributed by atoms with Gasteiger partial charge in [-0.25, -0.2) is 5.06 Å². The van der Waals surface area contributed by atoms with Gasteiger partial charge in [-0.15, -0.1) is 0 Å². The summed E-state index contributed by atoms with van der Waals surface area (Å²) < 4.78 is 0. The van der Waals surface area contributed by atoms with Gasteiger partial charge in [0.15, 0.2) is 0 Å². The molecular formula is C11H13NO2. The molecule has 0 spiro atoms. The summed E-state index contributed by atoms with van der Waals surface area (Å²) in [5, 5.41) is 10.7. The van der Waals surface area contributed by atoms with Crippen molar-refractivity contribution in [3.8, 4) is 0 Å². The van der Waals surface area contributed by atoms with Crippen LogP contribution in [0.4, 0.5) is 5.69 Å². The predicted octanol–water partition coefficient (Wildman–Crippen LogP) is 1.36. The van der Waals surface area contributed by atoms with Crippen LogP contribution in [0.2, 0.25) is 0 Å². The van der Waals surface area contributed by atoms with Crippen LogP contribution in [0.3, 0.4) is 0 Å². The maximum atomic E-state index is 8.95. The topological polar surface area (TPSA) is 32.7 Å². The maximum absolute atomic E-state index is 8.95. The summed E-state index contributed by atoms with van der Waals surface area (Å²) in [4.78, 5) is 5.52. The van der Waals surface area contributed by atoms with E-state index < -0.39 is 0 Å². The van der Waals surface area contributed by atoms with Crippen LogP contribution in [-0.2, 0) is 4.84 Å². The molecule has 1 aromatic carbocycles. The van der Waals surface area contributed by atoms with Crippen LogP contribution in [0.1, 0.15) is 0 Å². The van der Waals surface area contributed by atoms with Crippen molar-refractivity contribution in [2.45, 2.75) is 6.10 Å². The first-order valence-corrected chi connectivity index (χ1v) is 4.67. The van der Waals surface area contributed by atoms with Crippen molar-refractivity contribution in [1.82, 2.24) is 0 Å². The highest BCUT2D eigenvalue weighted by molar-refractivity contribution is 5.44. The lowest BCUT2D eigenvalue weighted by atomic mass is 10.3. The second-order valence-corrected chi connectivity index (χ2v) is 3.15. The number of para-hydroxylation sites is 1. The molecule has 0 aliphatic carbocycles. The summed E-state index contributed by atoms with van der Waals surface area (Å²) in [6.07, 6.45) is 3.65. The van der Waals surface area contributed by atoms with Gasteiger partial charge in [0.25, 0.3) is 0 Å². The normalized spacial score (nSPS) is 21.2. The van der Waals surface area contributed by atoms with E-state index in [1.807, 2.05) is 42.5 Å². The summed E-state index contributed by atoms with van der Waals surface area (Å²) in [5.74, 6) is 0. The molecule has 3 nitrogen and oxygen atoms in total. The van der Waals surface area contributed by atoms with Crippen molar-refractivity contribution in [3.05, 3.63) is 42.5 Å². The molecule has 0 saturated carbocycles. The van der Waals surface area contributed by atoms with Crippen LogP contribution in [0.15, 0.2) is 42.5 Å². The van der Waals surface area contributed by atoms with Gasteiger partial charge in [0.05, 0.1) is 18.8 Å². The molecular weight excluding hydrogens is 178 g/mol. The van der Waals surface area contributed by atoms with Crippen LogP contribution < -0.4 is 5.06 Å². The molecule has 0 bridgehead atoms. The second-order valence-electron chi connectivity index (χ2n) is 3.15. The van der Waals surface area contributed by atoms with E-state index in [0.29, 0.717) is 0 Å². The minimum absolute atomic E-state index is 0.0137. The Bertz CT molecular complexity index is 310. The van der Waals surface area contributed by atoms with E-state index in [2.05, 4.69) is 0 Å². The average molecular weight is 191 g/mol. The summed E-state index contributed by atoms with van der Waals surface area (Å²) in [6.45, 7) is 0.736. The van der Waals surface area contributed by atoms with Gasteiger partial charge < -0.3 is 5.11 Å². The third kappa shape index (κ3) is 1.95. The summed E-state index contributed by atoms with van der Waals surface area (Å²) in [7, 11) is 0. The molecule has 1 aromatic rings. The number of hydroxylamine groups is 1. The molecule has 0 aromatic heterocycles. The van der Waals surface area contributed by atoms with Crippen molar-refractivity contribution in [2.24, 2.45) is 0 Å². The van der Waals surface area contributed by atoms with Gasteiger partial charge in [0.1, 0.15) is 6.10 Å². The molecule has 1 N–H and O–H groups in total. The number of aliphatic hydroxyl groups excluding tert-OH is 1. The van der Waals surface area contributed by atoms with Gasteiger partial charge >= 0.3 is 0 Å². The van der Waals surface area contributed by atoms with Crippen molar-refractivity contribution in [3.63, 3.8) is 0 Å². The van der Waals surface area contributed by atoms with Crippen molar-refractivity contribution in [1.29, 1.82) is 0 Å². The van der Waals surface area contributed by atoms with Gasteiger partial charge in [-0.1, -0.05) is 30.4 Å².